The summed E-state index contributed by atoms with van der Waals surface area (Å²) in [6.07, 6.45) is 1.37. The maximum atomic E-state index is 12.1. The molecule has 1 aliphatic rings. The second-order valence-electron chi connectivity index (χ2n) is 5.66. The molecule has 0 aliphatic carbocycles. The number of carbonyl (C=O) groups is 2. The van der Waals surface area contributed by atoms with Crippen LogP contribution < -0.4 is 4.90 Å². The lowest BCUT2D eigenvalue weighted by Crippen LogP contribution is -2.23. The van der Waals surface area contributed by atoms with Gasteiger partial charge in [-0.05, 0) is 36.8 Å². The molecule has 2 aromatic rings. The Kier molecular flexibility index (Phi) is 4.74. The number of ether oxygens (including phenoxy) is 1. The Bertz CT molecular complexity index is 816. The van der Waals surface area contributed by atoms with E-state index in [4.69, 9.17) is 4.74 Å². The van der Waals surface area contributed by atoms with Crippen LogP contribution in [0, 0.1) is 10.1 Å². The van der Waals surface area contributed by atoms with Crippen LogP contribution in [0.1, 0.15) is 28.8 Å². The van der Waals surface area contributed by atoms with Gasteiger partial charge in [-0.2, -0.15) is 0 Å². The van der Waals surface area contributed by atoms with Crippen molar-refractivity contribution in [1.29, 1.82) is 0 Å². The highest BCUT2D eigenvalue weighted by Crippen LogP contribution is 2.22. The van der Waals surface area contributed by atoms with E-state index in [1.165, 1.54) is 6.07 Å². The quantitative estimate of drug-likeness (QED) is 0.474. The van der Waals surface area contributed by atoms with E-state index < -0.39 is 10.9 Å². The highest BCUT2D eigenvalue weighted by molar-refractivity contribution is 5.96. The highest BCUT2D eigenvalue weighted by atomic mass is 16.6. The molecule has 0 N–H and O–H groups in total. The summed E-state index contributed by atoms with van der Waals surface area (Å²) >= 11 is 0. The maximum Gasteiger partial charge on any atom is 0.338 e. The molecule has 25 heavy (non-hydrogen) atoms. The van der Waals surface area contributed by atoms with Crippen LogP contribution in [0.4, 0.5) is 11.4 Å². The van der Waals surface area contributed by atoms with Gasteiger partial charge in [-0.25, -0.2) is 4.79 Å². The normalized spacial score (nSPS) is 13.8. The molecule has 0 spiro atoms. The first kappa shape index (κ1) is 16.6. The first-order chi connectivity index (χ1) is 12.1. The van der Waals surface area contributed by atoms with E-state index in [0.29, 0.717) is 24.1 Å². The van der Waals surface area contributed by atoms with Gasteiger partial charge in [-0.1, -0.05) is 12.1 Å². The standard InChI is InChI=1S/C18H16N2O5/c21-17-6-3-11-19(17)15-9-7-13(8-10-15)18(22)25-12-14-4-1-2-5-16(14)20(23)24/h1-2,4-5,7-10H,3,6,11-12H2. The summed E-state index contributed by atoms with van der Waals surface area (Å²) in [5.74, 6) is -0.496. The van der Waals surface area contributed by atoms with Crippen molar-refractivity contribution in [3.05, 3.63) is 69.8 Å². The Morgan fingerprint density at radius 2 is 1.88 bits per heavy atom. The lowest BCUT2D eigenvalue weighted by atomic mass is 10.2. The number of rotatable bonds is 5. The second kappa shape index (κ2) is 7.12. The van der Waals surface area contributed by atoms with Crippen LogP contribution in [0.3, 0.4) is 0 Å². The first-order valence-corrected chi connectivity index (χ1v) is 7.86. The summed E-state index contributed by atoms with van der Waals surface area (Å²) in [6, 6.07) is 12.7. The third-order valence-corrected chi connectivity index (χ3v) is 4.04. The number of nitrogens with zero attached hydrogens (tertiary/aromatic N) is 2. The van der Waals surface area contributed by atoms with E-state index in [2.05, 4.69) is 0 Å². The average molecular weight is 340 g/mol. The van der Waals surface area contributed by atoms with Gasteiger partial charge in [-0.15, -0.1) is 0 Å². The van der Waals surface area contributed by atoms with Gasteiger partial charge in [0.2, 0.25) is 5.91 Å². The fourth-order valence-electron chi connectivity index (χ4n) is 2.74. The number of nitro benzene ring substituents is 1. The molecule has 2 aromatic carbocycles. The van der Waals surface area contributed by atoms with Crippen LogP contribution in [0.25, 0.3) is 0 Å². The summed E-state index contributed by atoms with van der Waals surface area (Å²) < 4.78 is 5.17. The van der Waals surface area contributed by atoms with Crippen molar-refractivity contribution in [2.45, 2.75) is 19.4 Å². The van der Waals surface area contributed by atoms with Gasteiger partial charge in [0.1, 0.15) is 6.61 Å². The fourth-order valence-corrected chi connectivity index (χ4v) is 2.74. The highest BCUT2D eigenvalue weighted by Gasteiger charge is 2.22. The maximum absolute atomic E-state index is 12.1. The lowest BCUT2D eigenvalue weighted by molar-refractivity contribution is -0.385. The largest absolute Gasteiger partial charge is 0.457 e. The van der Waals surface area contributed by atoms with E-state index in [1.807, 2.05) is 0 Å². The molecule has 0 saturated carbocycles. The zero-order valence-corrected chi connectivity index (χ0v) is 13.4. The minimum absolute atomic E-state index is 0.0757. The van der Waals surface area contributed by atoms with Crippen LogP contribution in [0.2, 0.25) is 0 Å². The van der Waals surface area contributed by atoms with Crippen molar-refractivity contribution in [1.82, 2.24) is 0 Å². The van der Waals surface area contributed by atoms with Crippen LogP contribution in [0.5, 0.6) is 0 Å². The Morgan fingerprint density at radius 1 is 1.16 bits per heavy atom. The van der Waals surface area contributed by atoms with Crippen LogP contribution in [-0.2, 0) is 16.1 Å². The van der Waals surface area contributed by atoms with Gasteiger partial charge in [0, 0.05) is 24.7 Å². The number of benzene rings is 2. The van der Waals surface area contributed by atoms with Gasteiger partial charge in [0.05, 0.1) is 16.1 Å². The molecular weight excluding hydrogens is 324 g/mol. The Labute approximate surface area is 144 Å². The monoisotopic (exact) mass is 340 g/mol. The number of hydrogen-bond acceptors (Lipinski definition) is 5. The van der Waals surface area contributed by atoms with Gasteiger partial charge < -0.3 is 9.64 Å². The summed E-state index contributed by atoms with van der Waals surface area (Å²) in [7, 11) is 0. The SMILES string of the molecule is O=C(OCc1ccccc1[N+](=O)[O-])c1ccc(N2CCCC2=O)cc1. The number of carbonyl (C=O) groups excluding carboxylic acids is 2. The molecule has 1 heterocycles. The molecule has 7 nitrogen and oxygen atoms in total. The molecule has 1 aliphatic heterocycles. The van der Waals surface area contributed by atoms with Gasteiger partial charge in [-0.3, -0.25) is 14.9 Å². The van der Waals surface area contributed by atoms with Crippen LogP contribution >= 0.6 is 0 Å². The van der Waals surface area contributed by atoms with E-state index in [9.17, 15) is 19.7 Å². The number of nitro groups is 1. The Hall–Kier alpha value is -3.22. The van der Waals surface area contributed by atoms with Crippen molar-refractivity contribution >= 4 is 23.3 Å². The number of hydrogen-bond donors (Lipinski definition) is 0. The first-order valence-electron chi connectivity index (χ1n) is 7.86. The van der Waals surface area contributed by atoms with E-state index in [-0.39, 0.29) is 18.2 Å². The molecule has 7 heteroatoms. The number of para-hydroxylation sites is 1. The van der Waals surface area contributed by atoms with E-state index in [0.717, 1.165) is 12.1 Å². The van der Waals surface area contributed by atoms with Gasteiger partial charge in [0.15, 0.2) is 0 Å². The predicted octanol–water partition coefficient (Wildman–Crippen LogP) is 3.08. The van der Waals surface area contributed by atoms with Crippen molar-refractivity contribution in [3.8, 4) is 0 Å². The van der Waals surface area contributed by atoms with Gasteiger partial charge >= 0.3 is 5.97 Å². The molecule has 1 saturated heterocycles. The summed E-state index contributed by atoms with van der Waals surface area (Å²) in [5, 5.41) is 11.0. The summed E-state index contributed by atoms with van der Waals surface area (Å²) in [5.41, 5.74) is 1.32. The summed E-state index contributed by atoms with van der Waals surface area (Å²) in [6.45, 7) is 0.503. The molecule has 128 valence electrons. The third kappa shape index (κ3) is 3.65. The lowest BCUT2D eigenvalue weighted by Gasteiger charge is -2.15. The average Bonchev–Trinajstić information content (AvgIpc) is 3.06. The molecule has 1 fully saturated rings. The molecule has 0 radical (unpaired) electrons. The van der Waals surface area contributed by atoms with Crippen LogP contribution in [0.15, 0.2) is 48.5 Å². The molecule has 0 aromatic heterocycles. The molecule has 3 rings (SSSR count). The predicted molar refractivity (Wildman–Crippen MR) is 90.2 cm³/mol. The third-order valence-electron chi connectivity index (χ3n) is 4.04. The van der Waals surface area contributed by atoms with Crippen molar-refractivity contribution < 1.29 is 19.2 Å². The van der Waals surface area contributed by atoms with Crippen LogP contribution in [-0.4, -0.2) is 23.3 Å². The molecule has 0 atom stereocenters. The Balaban J connectivity index is 1.66. The minimum atomic E-state index is -0.572. The van der Waals surface area contributed by atoms with Crippen molar-refractivity contribution in [2.24, 2.45) is 0 Å². The number of anilines is 1. The molecule has 0 bridgehead atoms. The zero-order chi connectivity index (χ0) is 17.8. The number of amides is 1. The molecule has 0 unspecified atom stereocenters. The summed E-state index contributed by atoms with van der Waals surface area (Å²) in [4.78, 5) is 36.0. The smallest absolute Gasteiger partial charge is 0.338 e. The zero-order valence-electron chi connectivity index (χ0n) is 13.4. The topological polar surface area (TPSA) is 89.8 Å². The van der Waals surface area contributed by atoms with Crippen molar-refractivity contribution in [2.75, 3.05) is 11.4 Å². The van der Waals surface area contributed by atoms with Crippen molar-refractivity contribution in [3.63, 3.8) is 0 Å². The number of esters is 1. The molecule has 1 amide bonds. The van der Waals surface area contributed by atoms with Gasteiger partial charge in [0.25, 0.3) is 5.69 Å². The van der Waals surface area contributed by atoms with E-state index in [1.54, 1.807) is 47.4 Å². The fraction of sp³-hybridized carbons (Fsp3) is 0.222. The minimum Gasteiger partial charge on any atom is -0.457 e. The second-order valence-corrected chi connectivity index (χ2v) is 5.66. The van der Waals surface area contributed by atoms with E-state index >= 15 is 0 Å². The Morgan fingerprint density at radius 3 is 2.52 bits per heavy atom. The molecular formula is C18H16N2O5.